The third kappa shape index (κ3) is 12.7. The van der Waals surface area contributed by atoms with Crippen molar-refractivity contribution in [2.75, 3.05) is 11.5 Å². The summed E-state index contributed by atoms with van der Waals surface area (Å²) in [6.45, 7) is 0. The maximum Gasteiger partial charge on any atom is 0.303 e. The molecule has 2 atom stereocenters. The van der Waals surface area contributed by atoms with Crippen LogP contribution < -0.4 is 0 Å². The second-order valence-corrected chi connectivity index (χ2v) is 11.5. The van der Waals surface area contributed by atoms with E-state index in [4.69, 9.17) is 10.2 Å². The number of rotatable bonds is 10. The lowest BCUT2D eigenvalue weighted by Gasteiger charge is -2.04. The van der Waals surface area contributed by atoms with Crippen LogP contribution in [-0.4, -0.2) is 44.2 Å². The lowest BCUT2D eigenvalue weighted by molar-refractivity contribution is -0.138. The second-order valence-electron chi connectivity index (χ2n) is 5.94. The Kier molecular flexibility index (Phi) is 13.5. The Labute approximate surface area is 160 Å². The Morgan fingerprint density at radius 2 is 1.17 bits per heavy atom. The molecular formula is C16H28O4S4. The van der Waals surface area contributed by atoms with Crippen molar-refractivity contribution in [2.45, 2.75) is 74.7 Å². The van der Waals surface area contributed by atoms with Gasteiger partial charge in [0, 0.05) is 34.8 Å². The SMILES string of the molecule is O=C(O)CCCCC1CCSS1.O=C(O)CCCCC1CCSS1. The quantitative estimate of drug-likeness (QED) is 0.356. The summed E-state index contributed by atoms with van der Waals surface area (Å²) in [6, 6.07) is 0. The first-order valence-electron chi connectivity index (χ1n) is 8.58. The van der Waals surface area contributed by atoms with Crippen molar-refractivity contribution >= 4 is 55.1 Å². The molecule has 2 fully saturated rings. The molecule has 140 valence electrons. The van der Waals surface area contributed by atoms with Gasteiger partial charge in [0.15, 0.2) is 0 Å². The van der Waals surface area contributed by atoms with Gasteiger partial charge < -0.3 is 10.2 Å². The molecule has 0 saturated carbocycles. The Hall–Kier alpha value is 0.340. The lowest BCUT2D eigenvalue weighted by atomic mass is 10.1. The third-order valence-electron chi connectivity index (χ3n) is 3.79. The molecule has 0 aliphatic carbocycles. The highest BCUT2D eigenvalue weighted by atomic mass is 33.1. The monoisotopic (exact) mass is 412 g/mol. The van der Waals surface area contributed by atoms with Gasteiger partial charge >= 0.3 is 11.9 Å². The molecule has 0 radical (unpaired) electrons. The van der Waals surface area contributed by atoms with Gasteiger partial charge in [-0.25, -0.2) is 0 Å². The predicted molar refractivity (Wildman–Crippen MR) is 109 cm³/mol. The zero-order valence-electron chi connectivity index (χ0n) is 14.0. The second kappa shape index (κ2) is 14.5. The van der Waals surface area contributed by atoms with Gasteiger partial charge in [0.25, 0.3) is 0 Å². The number of hydrogen-bond acceptors (Lipinski definition) is 6. The smallest absolute Gasteiger partial charge is 0.303 e. The van der Waals surface area contributed by atoms with E-state index >= 15 is 0 Å². The molecule has 2 heterocycles. The fourth-order valence-electron chi connectivity index (χ4n) is 2.43. The minimum absolute atomic E-state index is 0.338. The minimum Gasteiger partial charge on any atom is -0.481 e. The Bertz CT molecular complexity index is 322. The van der Waals surface area contributed by atoms with Crippen molar-refractivity contribution in [1.29, 1.82) is 0 Å². The maximum absolute atomic E-state index is 10.2. The Morgan fingerprint density at radius 3 is 1.46 bits per heavy atom. The van der Waals surface area contributed by atoms with E-state index in [-0.39, 0.29) is 0 Å². The highest BCUT2D eigenvalue weighted by Gasteiger charge is 2.16. The summed E-state index contributed by atoms with van der Waals surface area (Å²) in [5.41, 5.74) is 0. The molecule has 4 nitrogen and oxygen atoms in total. The molecule has 2 aliphatic rings. The standard InChI is InChI=1S/2C8H14O2S2/c2*9-8(10)4-2-1-3-7-5-6-11-12-7/h2*7H,1-6H2,(H,9,10). The summed E-state index contributed by atoms with van der Waals surface area (Å²) in [6.07, 6.45) is 9.53. The van der Waals surface area contributed by atoms with Gasteiger partial charge in [-0.3, -0.25) is 9.59 Å². The largest absolute Gasteiger partial charge is 0.481 e. The van der Waals surface area contributed by atoms with Crippen molar-refractivity contribution in [3.63, 3.8) is 0 Å². The van der Waals surface area contributed by atoms with Crippen LogP contribution in [0.4, 0.5) is 0 Å². The molecule has 2 unspecified atom stereocenters. The van der Waals surface area contributed by atoms with Gasteiger partial charge in [0.2, 0.25) is 0 Å². The number of aliphatic carboxylic acids is 2. The van der Waals surface area contributed by atoms with Crippen LogP contribution in [0.2, 0.25) is 0 Å². The van der Waals surface area contributed by atoms with Gasteiger partial charge in [-0.2, -0.15) is 0 Å². The van der Waals surface area contributed by atoms with Crippen LogP contribution in [-0.2, 0) is 9.59 Å². The average Bonchev–Trinajstić information content (AvgIpc) is 3.22. The Morgan fingerprint density at radius 1 is 0.750 bits per heavy atom. The molecule has 2 aliphatic heterocycles. The number of hydrogen-bond donors (Lipinski definition) is 2. The molecule has 0 aromatic carbocycles. The van der Waals surface area contributed by atoms with E-state index in [1.807, 2.05) is 43.2 Å². The molecule has 8 heteroatoms. The molecule has 0 bridgehead atoms. The molecular weight excluding hydrogens is 384 g/mol. The molecule has 2 saturated heterocycles. The average molecular weight is 413 g/mol. The van der Waals surface area contributed by atoms with Gasteiger partial charge in [-0.05, 0) is 38.5 Å². The van der Waals surface area contributed by atoms with Gasteiger partial charge in [-0.1, -0.05) is 56.0 Å². The third-order valence-corrected chi connectivity index (χ3v) is 9.80. The van der Waals surface area contributed by atoms with Crippen LogP contribution in [0.25, 0.3) is 0 Å². The summed E-state index contributed by atoms with van der Waals surface area (Å²) in [5.74, 6) is 1.22. The maximum atomic E-state index is 10.2. The number of carboxylic acid groups (broad SMARTS) is 2. The van der Waals surface area contributed by atoms with Gasteiger partial charge in [0.05, 0.1) is 0 Å². The molecule has 0 aromatic heterocycles. The van der Waals surface area contributed by atoms with Crippen molar-refractivity contribution in [2.24, 2.45) is 0 Å². The highest BCUT2D eigenvalue weighted by molar-refractivity contribution is 8.77. The van der Waals surface area contributed by atoms with Crippen LogP contribution in [0.1, 0.15) is 64.2 Å². The summed E-state index contributed by atoms with van der Waals surface area (Å²) < 4.78 is 0. The van der Waals surface area contributed by atoms with Crippen LogP contribution in [0, 0.1) is 0 Å². The molecule has 24 heavy (non-hydrogen) atoms. The first-order chi connectivity index (χ1) is 11.6. The van der Waals surface area contributed by atoms with E-state index in [0.717, 1.165) is 36.2 Å². The van der Waals surface area contributed by atoms with E-state index in [1.54, 1.807) is 0 Å². The van der Waals surface area contributed by atoms with Crippen LogP contribution >= 0.6 is 43.2 Å². The lowest BCUT2D eigenvalue weighted by Crippen LogP contribution is -1.99. The molecule has 0 aromatic rings. The molecule has 2 N–H and O–H groups in total. The van der Waals surface area contributed by atoms with Crippen LogP contribution in [0.5, 0.6) is 0 Å². The van der Waals surface area contributed by atoms with E-state index < -0.39 is 11.9 Å². The Balaban J connectivity index is 0.000000240. The summed E-state index contributed by atoms with van der Waals surface area (Å²) >= 11 is 0. The number of unbranched alkanes of at least 4 members (excludes halogenated alkanes) is 2. The molecule has 0 amide bonds. The first-order valence-corrected chi connectivity index (χ1v) is 13.3. The van der Waals surface area contributed by atoms with E-state index in [1.165, 1.54) is 37.2 Å². The zero-order chi connectivity index (χ0) is 17.6. The van der Waals surface area contributed by atoms with E-state index in [2.05, 4.69) is 0 Å². The van der Waals surface area contributed by atoms with Crippen molar-refractivity contribution in [1.82, 2.24) is 0 Å². The van der Waals surface area contributed by atoms with Gasteiger partial charge in [-0.15, -0.1) is 0 Å². The van der Waals surface area contributed by atoms with E-state index in [0.29, 0.717) is 12.8 Å². The fraction of sp³-hybridized carbons (Fsp3) is 0.875. The van der Waals surface area contributed by atoms with Crippen molar-refractivity contribution in [3.05, 3.63) is 0 Å². The van der Waals surface area contributed by atoms with Crippen molar-refractivity contribution in [3.8, 4) is 0 Å². The summed E-state index contributed by atoms with van der Waals surface area (Å²) in [7, 11) is 7.83. The van der Waals surface area contributed by atoms with Crippen LogP contribution in [0.15, 0.2) is 0 Å². The normalized spacial score (nSPS) is 22.8. The minimum atomic E-state index is -0.663. The molecule has 0 spiro atoms. The van der Waals surface area contributed by atoms with Crippen LogP contribution in [0.3, 0.4) is 0 Å². The first kappa shape index (κ1) is 22.4. The fourth-order valence-corrected chi connectivity index (χ4v) is 8.48. The highest BCUT2D eigenvalue weighted by Crippen LogP contribution is 2.40. The van der Waals surface area contributed by atoms with Gasteiger partial charge in [0.1, 0.15) is 0 Å². The van der Waals surface area contributed by atoms with E-state index in [9.17, 15) is 9.59 Å². The zero-order valence-corrected chi connectivity index (χ0v) is 17.2. The topological polar surface area (TPSA) is 74.6 Å². The summed E-state index contributed by atoms with van der Waals surface area (Å²) in [4.78, 5) is 20.4. The van der Waals surface area contributed by atoms with Crippen molar-refractivity contribution < 1.29 is 19.8 Å². The summed E-state index contributed by atoms with van der Waals surface area (Å²) in [5, 5.41) is 18.4. The number of carboxylic acids is 2. The number of carbonyl (C=O) groups is 2. The predicted octanol–water partition coefficient (Wildman–Crippen LogP) is 5.57. The molecule has 2 rings (SSSR count).